The van der Waals surface area contributed by atoms with Crippen LogP contribution in [0.3, 0.4) is 0 Å². The van der Waals surface area contributed by atoms with Gasteiger partial charge >= 0.3 is 0 Å². The maximum atomic E-state index is 5.45. The van der Waals surface area contributed by atoms with Gasteiger partial charge in [0.05, 0.1) is 12.1 Å². The number of ether oxygens (including phenoxy) is 1. The molecule has 0 fully saturated rings. The molecule has 5 heteroatoms. The van der Waals surface area contributed by atoms with Crippen LogP contribution in [0.15, 0.2) is 29.3 Å². The molecule has 5 nitrogen and oxygen atoms in total. The molecule has 0 amide bonds. The highest BCUT2D eigenvalue weighted by Crippen LogP contribution is 2.10. The molecule has 25 heavy (non-hydrogen) atoms. The maximum Gasteiger partial charge on any atom is 0.191 e. The van der Waals surface area contributed by atoms with Gasteiger partial charge in [0.25, 0.3) is 0 Å². The minimum Gasteiger partial charge on any atom is -0.377 e. The van der Waals surface area contributed by atoms with Gasteiger partial charge in [-0.25, -0.2) is 4.99 Å². The van der Waals surface area contributed by atoms with Crippen molar-refractivity contribution in [3.05, 3.63) is 35.4 Å². The smallest absolute Gasteiger partial charge is 0.191 e. The number of hydrogen-bond donors (Lipinski definition) is 2. The number of methoxy groups -OCH3 is 1. The second-order valence-electron chi connectivity index (χ2n) is 6.79. The van der Waals surface area contributed by atoms with E-state index in [0.29, 0.717) is 13.1 Å². The summed E-state index contributed by atoms with van der Waals surface area (Å²) in [6.07, 6.45) is 0. The lowest BCUT2D eigenvalue weighted by Crippen LogP contribution is -2.45. The number of hydrogen-bond acceptors (Lipinski definition) is 3. The van der Waals surface area contributed by atoms with Crippen LogP contribution in [0.2, 0.25) is 0 Å². The summed E-state index contributed by atoms with van der Waals surface area (Å²) in [7, 11) is 1.73. The SMILES string of the molecule is CCNC(=NCc1cccc(CN(CC)CC)c1)NCC(C)(C)OC. The molecule has 1 aromatic rings. The normalized spacial score (nSPS) is 12.5. The monoisotopic (exact) mass is 348 g/mol. The molecule has 0 saturated heterocycles. The van der Waals surface area contributed by atoms with Crippen molar-refractivity contribution in [2.75, 3.05) is 33.3 Å². The second-order valence-corrected chi connectivity index (χ2v) is 6.79. The fourth-order valence-corrected chi connectivity index (χ4v) is 2.41. The number of rotatable bonds is 10. The molecular formula is C20H36N4O. The third-order valence-electron chi connectivity index (χ3n) is 4.29. The minimum absolute atomic E-state index is 0.222. The molecule has 0 heterocycles. The maximum absolute atomic E-state index is 5.45. The van der Waals surface area contributed by atoms with Crippen molar-refractivity contribution in [2.45, 2.75) is 53.3 Å². The Morgan fingerprint density at radius 2 is 1.80 bits per heavy atom. The lowest BCUT2D eigenvalue weighted by atomic mass is 10.1. The van der Waals surface area contributed by atoms with Gasteiger partial charge in [-0.15, -0.1) is 0 Å². The summed E-state index contributed by atoms with van der Waals surface area (Å²) in [5.41, 5.74) is 2.35. The standard InChI is InChI=1S/C20H36N4O/c1-7-21-19(23-16-20(4,5)25-6)22-14-17-11-10-12-18(13-17)15-24(8-2)9-3/h10-13H,7-9,14-16H2,1-6H3,(H2,21,22,23). The van der Waals surface area contributed by atoms with Crippen molar-refractivity contribution in [1.29, 1.82) is 0 Å². The van der Waals surface area contributed by atoms with Crippen molar-refractivity contribution in [3.8, 4) is 0 Å². The summed E-state index contributed by atoms with van der Waals surface area (Å²) in [6.45, 7) is 15.9. The predicted molar refractivity (Wildman–Crippen MR) is 107 cm³/mol. The molecular weight excluding hydrogens is 312 g/mol. The third kappa shape index (κ3) is 8.36. The van der Waals surface area contributed by atoms with E-state index in [1.165, 1.54) is 11.1 Å². The number of guanidine groups is 1. The molecule has 0 radical (unpaired) electrons. The summed E-state index contributed by atoms with van der Waals surface area (Å²) in [5.74, 6) is 0.821. The predicted octanol–water partition coefficient (Wildman–Crippen LogP) is 3.01. The molecule has 1 rings (SSSR count). The molecule has 1 aromatic carbocycles. The van der Waals surface area contributed by atoms with E-state index in [1.54, 1.807) is 7.11 Å². The second kappa shape index (κ2) is 11.1. The Kier molecular flexibility index (Phi) is 9.53. The van der Waals surface area contributed by atoms with Gasteiger partial charge in [0, 0.05) is 26.7 Å². The average Bonchev–Trinajstić information content (AvgIpc) is 2.62. The minimum atomic E-state index is -0.222. The van der Waals surface area contributed by atoms with Crippen LogP contribution < -0.4 is 10.6 Å². The van der Waals surface area contributed by atoms with Gasteiger partial charge in [-0.1, -0.05) is 38.1 Å². The van der Waals surface area contributed by atoms with Gasteiger partial charge in [0.15, 0.2) is 5.96 Å². The van der Waals surface area contributed by atoms with E-state index in [2.05, 4.69) is 74.4 Å². The fraction of sp³-hybridized carbons (Fsp3) is 0.650. The zero-order valence-electron chi connectivity index (χ0n) is 16.9. The van der Waals surface area contributed by atoms with Crippen LogP contribution in [-0.4, -0.2) is 49.7 Å². The van der Waals surface area contributed by atoms with Gasteiger partial charge in [0.1, 0.15) is 0 Å². The number of benzene rings is 1. The summed E-state index contributed by atoms with van der Waals surface area (Å²) < 4.78 is 5.45. The van der Waals surface area contributed by atoms with Gasteiger partial charge in [-0.3, -0.25) is 4.90 Å². The first-order valence-electron chi connectivity index (χ1n) is 9.31. The molecule has 0 bridgehead atoms. The van der Waals surface area contributed by atoms with Gasteiger partial charge in [-0.2, -0.15) is 0 Å². The Morgan fingerprint density at radius 1 is 1.12 bits per heavy atom. The van der Waals surface area contributed by atoms with Crippen molar-refractivity contribution in [1.82, 2.24) is 15.5 Å². The summed E-state index contributed by atoms with van der Waals surface area (Å²) in [5, 5.41) is 6.64. The van der Waals surface area contributed by atoms with Crippen molar-refractivity contribution in [3.63, 3.8) is 0 Å². The zero-order valence-corrected chi connectivity index (χ0v) is 16.9. The molecule has 0 atom stereocenters. The van der Waals surface area contributed by atoms with Crippen molar-refractivity contribution in [2.24, 2.45) is 4.99 Å². The number of nitrogens with one attached hydrogen (secondary N) is 2. The lowest BCUT2D eigenvalue weighted by molar-refractivity contribution is 0.0268. The summed E-state index contributed by atoms with van der Waals surface area (Å²) in [4.78, 5) is 7.12. The van der Waals surface area contributed by atoms with Crippen molar-refractivity contribution >= 4 is 5.96 Å². The third-order valence-corrected chi connectivity index (χ3v) is 4.29. The summed E-state index contributed by atoms with van der Waals surface area (Å²) >= 11 is 0. The fourth-order valence-electron chi connectivity index (χ4n) is 2.41. The Morgan fingerprint density at radius 3 is 2.40 bits per heavy atom. The molecule has 0 saturated carbocycles. The molecule has 0 aromatic heterocycles. The van der Waals surface area contributed by atoms with Gasteiger partial charge < -0.3 is 15.4 Å². The zero-order chi connectivity index (χ0) is 18.7. The van der Waals surface area contributed by atoms with Crippen LogP contribution in [-0.2, 0) is 17.8 Å². The lowest BCUT2D eigenvalue weighted by Gasteiger charge is -2.24. The highest BCUT2D eigenvalue weighted by molar-refractivity contribution is 5.79. The van der Waals surface area contributed by atoms with E-state index in [-0.39, 0.29) is 5.60 Å². The van der Waals surface area contributed by atoms with Crippen molar-refractivity contribution < 1.29 is 4.74 Å². The molecule has 0 aliphatic heterocycles. The van der Waals surface area contributed by atoms with Crippen LogP contribution >= 0.6 is 0 Å². The Labute approximate surface area is 153 Å². The molecule has 142 valence electrons. The first-order valence-corrected chi connectivity index (χ1v) is 9.31. The van der Waals surface area contributed by atoms with Crippen LogP contribution in [0.25, 0.3) is 0 Å². The van der Waals surface area contributed by atoms with Crippen LogP contribution in [0.1, 0.15) is 45.7 Å². The van der Waals surface area contributed by atoms with Gasteiger partial charge in [-0.05, 0) is 45.0 Å². The molecule has 0 aliphatic carbocycles. The summed E-state index contributed by atoms with van der Waals surface area (Å²) in [6, 6.07) is 8.70. The van der Waals surface area contributed by atoms with E-state index in [4.69, 9.17) is 9.73 Å². The number of aliphatic imine (C=N–C) groups is 1. The van der Waals surface area contributed by atoms with E-state index >= 15 is 0 Å². The van der Waals surface area contributed by atoms with Crippen LogP contribution in [0, 0.1) is 0 Å². The van der Waals surface area contributed by atoms with Crippen LogP contribution in [0.4, 0.5) is 0 Å². The Hall–Kier alpha value is -1.59. The quantitative estimate of drug-likeness (QED) is 0.504. The van der Waals surface area contributed by atoms with E-state index in [1.807, 2.05) is 0 Å². The topological polar surface area (TPSA) is 48.9 Å². The molecule has 0 unspecified atom stereocenters. The molecule has 0 spiro atoms. The van der Waals surface area contributed by atoms with Crippen LogP contribution in [0.5, 0.6) is 0 Å². The largest absolute Gasteiger partial charge is 0.377 e. The van der Waals surface area contributed by atoms with Gasteiger partial charge in [0.2, 0.25) is 0 Å². The Balaban J connectivity index is 2.72. The van der Waals surface area contributed by atoms with E-state index < -0.39 is 0 Å². The molecule has 0 aliphatic rings. The van der Waals surface area contributed by atoms with E-state index in [9.17, 15) is 0 Å². The molecule has 2 N–H and O–H groups in total. The Bertz CT molecular complexity index is 524. The average molecular weight is 349 g/mol. The highest BCUT2D eigenvalue weighted by atomic mass is 16.5. The number of nitrogens with zero attached hydrogens (tertiary/aromatic N) is 2. The highest BCUT2D eigenvalue weighted by Gasteiger charge is 2.16. The first kappa shape index (κ1) is 21.5. The first-order chi connectivity index (χ1) is 11.9. The van der Waals surface area contributed by atoms with E-state index in [0.717, 1.165) is 32.1 Å².